The van der Waals surface area contributed by atoms with Gasteiger partial charge < -0.3 is 10.6 Å². The van der Waals surface area contributed by atoms with Gasteiger partial charge in [-0.3, -0.25) is 19.0 Å². The van der Waals surface area contributed by atoms with Crippen LogP contribution in [-0.2, 0) is 11.3 Å². The van der Waals surface area contributed by atoms with Gasteiger partial charge in [-0.15, -0.1) is 0 Å². The van der Waals surface area contributed by atoms with Gasteiger partial charge in [-0.05, 0) is 43.3 Å². The second kappa shape index (κ2) is 7.23. The van der Waals surface area contributed by atoms with E-state index >= 15 is 0 Å². The molecule has 2 heterocycles. The molecule has 2 amide bonds. The fraction of sp³-hybridized carbons (Fsp3) is 0.143. The summed E-state index contributed by atoms with van der Waals surface area (Å²) >= 11 is 0. The molecule has 2 aromatic carbocycles. The quantitative estimate of drug-likeness (QED) is 0.557. The van der Waals surface area contributed by atoms with E-state index < -0.39 is 0 Å². The zero-order chi connectivity index (χ0) is 20.5. The van der Waals surface area contributed by atoms with E-state index in [1.807, 2.05) is 19.1 Å². The highest BCUT2D eigenvalue weighted by molar-refractivity contribution is 5.95. The van der Waals surface area contributed by atoms with Gasteiger partial charge >= 0.3 is 0 Å². The van der Waals surface area contributed by atoms with Crippen LogP contribution >= 0.6 is 0 Å². The van der Waals surface area contributed by atoms with Crippen LogP contribution in [0.25, 0.3) is 16.6 Å². The molecule has 0 spiro atoms. The number of carbonyl (C=O) groups excluding carboxylic acids is 2. The first-order valence-electron chi connectivity index (χ1n) is 9.08. The van der Waals surface area contributed by atoms with Gasteiger partial charge in [0.1, 0.15) is 12.2 Å². The van der Waals surface area contributed by atoms with Crippen molar-refractivity contribution in [3.8, 4) is 0 Å². The number of nitrogens with one attached hydrogen (secondary N) is 2. The summed E-state index contributed by atoms with van der Waals surface area (Å²) < 4.78 is 3.09. The number of carbonyl (C=O) groups is 2. The van der Waals surface area contributed by atoms with Crippen LogP contribution < -0.4 is 16.2 Å². The normalized spacial score (nSPS) is 11.0. The molecular formula is C21H19N5O3. The molecular weight excluding hydrogens is 370 g/mol. The van der Waals surface area contributed by atoms with E-state index in [-0.39, 0.29) is 23.9 Å². The average molecular weight is 389 g/mol. The fourth-order valence-electron chi connectivity index (χ4n) is 3.29. The van der Waals surface area contributed by atoms with Crippen LogP contribution in [0.4, 0.5) is 5.69 Å². The lowest BCUT2D eigenvalue weighted by Crippen LogP contribution is -2.29. The van der Waals surface area contributed by atoms with Crippen LogP contribution in [0.2, 0.25) is 0 Å². The van der Waals surface area contributed by atoms with Crippen molar-refractivity contribution in [1.82, 2.24) is 19.5 Å². The SMILES string of the molecule is CNC(=O)c1ccc(NC(=O)Cn2c(=O)c3ccccc3n3nc(C)cc23)cc1. The molecule has 2 N–H and O–H groups in total. The Balaban J connectivity index is 1.66. The summed E-state index contributed by atoms with van der Waals surface area (Å²) in [6.45, 7) is 1.68. The molecule has 8 heteroatoms. The van der Waals surface area contributed by atoms with Crippen LogP contribution in [0.3, 0.4) is 0 Å². The van der Waals surface area contributed by atoms with Gasteiger partial charge in [-0.25, -0.2) is 4.52 Å². The van der Waals surface area contributed by atoms with E-state index in [4.69, 9.17) is 0 Å². The van der Waals surface area contributed by atoms with Gasteiger partial charge in [0, 0.05) is 24.4 Å². The summed E-state index contributed by atoms with van der Waals surface area (Å²) in [5.74, 6) is -0.556. The molecule has 0 saturated heterocycles. The highest BCUT2D eigenvalue weighted by Gasteiger charge is 2.15. The number of hydrogen-bond donors (Lipinski definition) is 2. The van der Waals surface area contributed by atoms with Gasteiger partial charge in [0.25, 0.3) is 11.5 Å². The van der Waals surface area contributed by atoms with Crippen molar-refractivity contribution in [2.45, 2.75) is 13.5 Å². The van der Waals surface area contributed by atoms with Crippen LogP contribution in [0.5, 0.6) is 0 Å². The first-order chi connectivity index (χ1) is 14.0. The van der Waals surface area contributed by atoms with Crippen molar-refractivity contribution in [3.05, 3.63) is 76.2 Å². The van der Waals surface area contributed by atoms with E-state index in [1.165, 1.54) is 4.57 Å². The molecule has 29 heavy (non-hydrogen) atoms. The lowest BCUT2D eigenvalue weighted by Gasteiger charge is -2.11. The number of fused-ring (bicyclic) bond motifs is 3. The van der Waals surface area contributed by atoms with Crippen molar-refractivity contribution in [2.75, 3.05) is 12.4 Å². The van der Waals surface area contributed by atoms with Crippen molar-refractivity contribution in [3.63, 3.8) is 0 Å². The molecule has 0 bridgehead atoms. The fourth-order valence-corrected chi connectivity index (χ4v) is 3.29. The van der Waals surface area contributed by atoms with Crippen molar-refractivity contribution >= 4 is 34.1 Å². The molecule has 0 saturated carbocycles. The van der Waals surface area contributed by atoms with E-state index in [2.05, 4.69) is 15.7 Å². The third-order valence-electron chi connectivity index (χ3n) is 4.66. The molecule has 2 aromatic heterocycles. The van der Waals surface area contributed by atoms with E-state index in [1.54, 1.807) is 54.0 Å². The second-order valence-corrected chi connectivity index (χ2v) is 6.67. The predicted octanol–water partition coefficient (Wildman–Crippen LogP) is 1.96. The molecule has 0 fully saturated rings. The Morgan fingerprint density at radius 2 is 1.79 bits per heavy atom. The highest BCUT2D eigenvalue weighted by atomic mass is 16.2. The van der Waals surface area contributed by atoms with Gasteiger partial charge in [0.2, 0.25) is 5.91 Å². The minimum absolute atomic E-state index is 0.157. The molecule has 146 valence electrons. The Labute approximate surface area is 165 Å². The summed E-state index contributed by atoms with van der Waals surface area (Å²) in [5.41, 5.74) is 2.78. The number of hydrogen-bond acceptors (Lipinski definition) is 4. The lowest BCUT2D eigenvalue weighted by molar-refractivity contribution is -0.116. The smallest absolute Gasteiger partial charge is 0.262 e. The number of benzene rings is 2. The van der Waals surface area contributed by atoms with Crippen LogP contribution in [0, 0.1) is 6.92 Å². The maximum atomic E-state index is 13.0. The molecule has 0 aliphatic rings. The largest absolute Gasteiger partial charge is 0.355 e. The van der Waals surface area contributed by atoms with Crippen LogP contribution in [0.15, 0.2) is 59.4 Å². The molecule has 0 radical (unpaired) electrons. The van der Waals surface area contributed by atoms with Gasteiger partial charge in [0.05, 0.1) is 16.6 Å². The Morgan fingerprint density at radius 1 is 1.07 bits per heavy atom. The molecule has 0 atom stereocenters. The molecule has 0 aliphatic heterocycles. The van der Waals surface area contributed by atoms with E-state index in [0.29, 0.717) is 27.8 Å². The van der Waals surface area contributed by atoms with Gasteiger partial charge in [-0.1, -0.05) is 12.1 Å². The summed E-state index contributed by atoms with van der Waals surface area (Å²) in [4.78, 5) is 37.2. The first-order valence-corrected chi connectivity index (χ1v) is 9.08. The number of aryl methyl sites for hydroxylation is 1. The van der Waals surface area contributed by atoms with Crippen LogP contribution in [0.1, 0.15) is 16.1 Å². The standard InChI is InChI=1S/C21H19N5O3/c1-13-11-19-25(21(29)16-5-3-4-6-17(16)26(19)24-13)12-18(27)23-15-9-7-14(8-10-15)20(28)22-2/h3-11H,12H2,1-2H3,(H,22,28)(H,23,27). The summed E-state index contributed by atoms with van der Waals surface area (Å²) in [6.07, 6.45) is 0. The lowest BCUT2D eigenvalue weighted by atomic mass is 10.2. The Kier molecular flexibility index (Phi) is 4.59. The number of aromatic nitrogens is 3. The zero-order valence-electron chi connectivity index (χ0n) is 16.0. The van der Waals surface area contributed by atoms with Crippen LogP contribution in [-0.4, -0.2) is 33.0 Å². The third kappa shape index (κ3) is 3.36. The average Bonchev–Trinajstić information content (AvgIpc) is 3.12. The Hall–Kier alpha value is -3.94. The minimum atomic E-state index is -0.351. The number of rotatable bonds is 4. The Bertz CT molecular complexity index is 1300. The Morgan fingerprint density at radius 3 is 2.52 bits per heavy atom. The van der Waals surface area contributed by atoms with Gasteiger partial charge in [-0.2, -0.15) is 5.10 Å². The van der Waals surface area contributed by atoms with E-state index in [9.17, 15) is 14.4 Å². The summed E-state index contributed by atoms with van der Waals surface area (Å²) in [6, 6.07) is 15.5. The third-order valence-corrected chi connectivity index (χ3v) is 4.66. The summed E-state index contributed by atoms with van der Waals surface area (Å²) in [7, 11) is 1.55. The second-order valence-electron chi connectivity index (χ2n) is 6.67. The first kappa shape index (κ1) is 18.4. The van der Waals surface area contributed by atoms with Crippen molar-refractivity contribution in [2.24, 2.45) is 0 Å². The number of anilines is 1. The molecule has 8 nitrogen and oxygen atoms in total. The van der Waals surface area contributed by atoms with Gasteiger partial charge in [0.15, 0.2) is 0 Å². The maximum absolute atomic E-state index is 13.0. The number of nitrogens with zero attached hydrogens (tertiary/aromatic N) is 3. The minimum Gasteiger partial charge on any atom is -0.355 e. The topological polar surface area (TPSA) is 97.5 Å². The highest BCUT2D eigenvalue weighted by Crippen LogP contribution is 2.15. The molecule has 0 aliphatic carbocycles. The summed E-state index contributed by atoms with van der Waals surface area (Å²) in [5, 5.41) is 10.3. The van der Waals surface area contributed by atoms with E-state index in [0.717, 1.165) is 5.69 Å². The molecule has 4 aromatic rings. The molecule has 4 rings (SSSR count). The maximum Gasteiger partial charge on any atom is 0.262 e. The van der Waals surface area contributed by atoms with Crippen molar-refractivity contribution < 1.29 is 9.59 Å². The zero-order valence-corrected chi connectivity index (χ0v) is 16.0. The van der Waals surface area contributed by atoms with Crippen molar-refractivity contribution in [1.29, 1.82) is 0 Å². The number of para-hydroxylation sites is 1. The number of amides is 2. The molecule has 0 unspecified atom stereocenters. The monoisotopic (exact) mass is 389 g/mol. The predicted molar refractivity (Wildman–Crippen MR) is 110 cm³/mol.